The number of imide groups is 1. The van der Waals surface area contributed by atoms with Crippen LogP contribution >= 0.6 is 0 Å². The molecule has 2 fully saturated rings. The minimum atomic E-state index is -0.388. The average Bonchev–Trinajstić information content (AvgIpc) is 3.36. The van der Waals surface area contributed by atoms with Gasteiger partial charge in [-0.15, -0.1) is 0 Å². The van der Waals surface area contributed by atoms with Gasteiger partial charge in [0, 0.05) is 23.4 Å². The molecule has 1 aliphatic heterocycles. The fraction of sp³-hybridized carbons (Fsp3) is 0.316. The van der Waals surface area contributed by atoms with E-state index in [2.05, 4.69) is 41.0 Å². The van der Waals surface area contributed by atoms with E-state index in [1.54, 1.807) is 29.2 Å². The summed E-state index contributed by atoms with van der Waals surface area (Å²) in [5, 5.41) is 13.2. The highest BCUT2D eigenvalue weighted by atomic mass is 16.2. The molecular weight excluding hydrogens is 386 g/mol. The number of nitrogens with zero attached hydrogens (tertiary/aromatic N) is 6. The van der Waals surface area contributed by atoms with Crippen LogP contribution in [0.1, 0.15) is 36.2 Å². The average molecular weight is 405 g/mol. The van der Waals surface area contributed by atoms with Crippen LogP contribution in [0.5, 0.6) is 0 Å². The van der Waals surface area contributed by atoms with Crippen molar-refractivity contribution in [2.75, 3.05) is 10.6 Å². The van der Waals surface area contributed by atoms with Gasteiger partial charge in [-0.1, -0.05) is 0 Å². The van der Waals surface area contributed by atoms with Crippen LogP contribution in [0.3, 0.4) is 0 Å². The summed E-state index contributed by atoms with van der Waals surface area (Å²) in [4.78, 5) is 41.1. The molecule has 3 N–H and O–H groups in total. The molecule has 0 spiro atoms. The number of carbonyl (C=O) groups is 2. The van der Waals surface area contributed by atoms with Gasteiger partial charge in [0.15, 0.2) is 5.65 Å². The molecule has 11 heteroatoms. The van der Waals surface area contributed by atoms with Gasteiger partial charge in [-0.3, -0.25) is 24.9 Å². The van der Waals surface area contributed by atoms with Crippen LogP contribution in [-0.4, -0.2) is 47.4 Å². The topological polar surface area (TPSA) is 139 Å². The molecule has 0 aromatic carbocycles. The Morgan fingerprint density at radius 3 is 2.77 bits per heavy atom. The van der Waals surface area contributed by atoms with Crippen molar-refractivity contribution >= 4 is 35.4 Å². The molecule has 1 saturated carbocycles. The zero-order valence-corrected chi connectivity index (χ0v) is 16.2. The van der Waals surface area contributed by atoms with E-state index in [0.717, 1.165) is 24.2 Å². The second-order valence-electron chi connectivity index (χ2n) is 7.35. The largest absolute Gasteiger partial charge is 0.351 e. The predicted molar refractivity (Wildman–Crippen MR) is 107 cm³/mol. The molecule has 0 unspecified atom stereocenters. The molecule has 4 heterocycles. The first-order valence-corrected chi connectivity index (χ1v) is 9.63. The summed E-state index contributed by atoms with van der Waals surface area (Å²) >= 11 is 0. The van der Waals surface area contributed by atoms with Crippen LogP contribution in [0.15, 0.2) is 24.2 Å². The Morgan fingerprint density at radius 2 is 2.07 bits per heavy atom. The van der Waals surface area contributed by atoms with Crippen molar-refractivity contribution in [3.05, 3.63) is 41.1 Å². The van der Waals surface area contributed by atoms with Crippen LogP contribution in [0.4, 0.5) is 11.9 Å². The van der Waals surface area contributed by atoms with Gasteiger partial charge in [0.2, 0.25) is 17.8 Å². The summed E-state index contributed by atoms with van der Waals surface area (Å²) in [6.07, 6.45) is 8.87. The van der Waals surface area contributed by atoms with E-state index in [1.165, 1.54) is 0 Å². The molecule has 3 aromatic heterocycles. The second kappa shape index (κ2) is 7.17. The summed E-state index contributed by atoms with van der Waals surface area (Å²) in [7, 11) is 0. The maximum Gasteiger partial charge on any atom is 0.254 e. The molecule has 3 aromatic rings. The highest BCUT2D eigenvalue weighted by Crippen LogP contribution is 2.26. The van der Waals surface area contributed by atoms with E-state index in [-0.39, 0.29) is 18.2 Å². The van der Waals surface area contributed by atoms with Gasteiger partial charge in [0.25, 0.3) is 5.91 Å². The molecule has 11 nitrogen and oxygen atoms in total. The lowest BCUT2D eigenvalue weighted by atomic mass is 10.1. The van der Waals surface area contributed by atoms with E-state index >= 15 is 0 Å². The smallest absolute Gasteiger partial charge is 0.254 e. The Balaban J connectivity index is 1.49. The fourth-order valence-electron chi connectivity index (χ4n) is 3.07. The third-order valence-corrected chi connectivity index (χ3v) is 4.79. The fourth-order valence-corrected chi connectivity index (χ4v) is 3.07. The molecule has 30 heavy (non-hydrogen) atoms. The standard InChI is InChI=1S/C19H19N9O2/c1-10-6-21-14(8-20-10)9-22-18-26-16-12(4-11-5-15(29)25-17(11)30)7-23-28(16)19(27-18)24-13-2-3-13/h4,6-8,13H,2-3,5,9H2,1H3,(H,25,29,30)(H2,22,24,26,27)/b11-4+. The van der Waals surface area contributed by atoms with Crippen molar-refractivity contribution in [2.45, 2.75) is 38.8 Å². The van der Waals surface area contributed by atoms with Gasteiger partial charge in [0.05, 0.1) is 36.7 Å². The lowest BCUT2D eigenvalue weighted by Gasteiger charge is -2.10. The first-order valence-electron chi connectivity index (χ1n) is 9.63. The van der Waals surface area contributed by atoms with Crippen LogP contribution in [0.25, 0.3) is 11.7 Å². The first-order chi connectivity index (χ1) is 14.5. The maximum absolute atomic E-state index is 11.9. The molecule has 0 radical (unpaired) electrons. The van der Waals surface area contributed by atoms with E-state index in [1.807, 2.05) is 6.92 Å². The molecule has 152 valence electrons. The molecule has 0 atom stereocenters. The van der Waals surface area contributed by atoms with Gasteiger partial charge in [-0.05, 0) is 25.8 Å². The van der Waals surface area contributed by atoms with E-state index in [9.17, 15) is 9.59 Å². The Hall–Kier alpha value is -3.89. The Morgan fingerprint density at radius 1 is 1.20 bits per heavy atom. The first kappa shape index (κ1) is 18.2. The number of rotatable bonds is 6. The summed E-state index contributed by atoms with van der Waals surface area (Å²) in [5.74, 6) is 0.271. The van der Waals surface area contributed by atoms with Gasteiger partial charge >= 0.3 is 0 Å². The van der Waals surface area contributed by atoms with Gasteiger partial charge in [0.1, 0.15) is 0 Å². The summed E-state index contributed by atoms with van der Waals surface area (Å²) in [6.45, 7) is 2.29. The van der Waals surface area contributed by atoms with E-state index in [0.29, 0.717) is 41.3 Å². The Bertz CT molecular complexity index is 1180. The van der Waals surface area contributed by atoms with Gasteiger partial charge in [-0.25, -0.2) is 0 Å². The molecule has 0 bridgehead atoms. The highest BCUT2D eigenvalue weighted by molar-refractivity contribution is 6.15. The molecular formula is C19H19N9O2. The zero-order chi connectivity index (χ0) is 20.7. The molecule has 5 rings (SSSR count). The number of anilines is 2. The van der Waals surface area contributed by atoms with Crippen molar-refractivity contribution in [2.24, 2.45) is 0 Å². The third kappa shape index (κ3) is 3.69. The van der Waals surface area contributed by atoms with Crippen LogP contribution in [0, 0.1) is 6.92 Å². The number of carbonyl (C=O) groups excluding carboxylic acids is 2. The minimum Gasteiger partial charge on any atom is -0.351 e. The number of aryl methyl sites for hydroxylation is 1. The normalized spacial score (nSPS) is 17.6. The van der Waals surface area contributed by atoms with Crippen LogP contribution < -0.4 is 16.0 Å². The van der Waals surface area contributed by atoms with Crippen molar-refractivity contribution in [1.29, 1.82) is 0 Å². The Kier molecular flexibility index (Phi) is 4.34. The molecule has 1 aliphatic carbocycles. The van der Waals surface area contributed by atoms with Crippen LogP contribution in [-0.2, 0) is 16.1 Å². The number of nitrogens with one attached hydrogen (secondary N) is 3. The minimum absolute atomic E-state index is 0.0473. The SMILES string of the molecule is Cc1cnc(CNc2nc(NC3CC3)n3ncc(/C=C4\CC(=O)NC4=O)c3n2)cn1. The maximum atomic E-state index is 11.9. The quantitative estimate of drug-likeness (QED) is 0.402. The number of amides is 2. The summed E-state index contributed by atoms with van der Waals surface area (Å²) < 4.78 is 1.61. The lowest BCUT2D eigenvalue weighted by Crippen LogP contribution is -2.19. The summed E-state index contributed by atoms with van der Waals surface area (Å²) in [6, 6.07) is 0.364. The van der Waals surface area contributed by atoms with E-state index in [4.69, 9.17) is 0 Å². The lowest BCUT2D eigenvalue weighted by molar-refractivity contribution is -0.124. The predicted octanol–water partition coefficient (Wildman–Crippen LogP) is 0.839. The number of hydrogen-bond donors (Lipinski definition) is 3. The van der Waals surface area contributed by atoms with Crippen molar-refractivity contribution in [3.8, 4) is 0 Å². The third-order valence-electron chi connectivity index (χ3n) is 4.79. The second-order valence-corrected chi connectivity index (χ2v) is 7.35. The highest BCUT2D eigenvalue weighted by Gasteiger charge is 2.26. The monoisotopic (exact) mass is 405 g/mol. The van der Waals surface area contributed by atoms with Crippen molar-refractivity contribution in [1.82, 2.24) is 34.9 Å². The van der Waals surface area contributed by atoms with Crippen LogP contribution in [0.2, 0.25) is 0 Å². The van der Waals surface area contributed by atoms with Gasteiger partial charge in [-0.2, -0.15) is 19.6 Å². The molecule has 2 aliphatic rings. The molecule has 1 saturated heterocycles. The van der Waals surface area contributed by atoms with Crippen molar-refractivity contribution in [3.63, 3.8) is 0 Å². The van der Waals surface area contributed by atoms with Gasteiger partial charge < -0.3 is 10.6 Å². The number of fused-ring (bicyclic) bond motifs is 1. The van der Waals surface area contributed by atoms with Crippen molar-refractivity contribution < 1.29 is 9.59 Å². The number of hydrogen-bond acceptors (Lipinski definition) is 9. The van der Waals surface area contributed by atoms with E-state index < -0.39 is 0 Å². The number of aromatic nitrogens is 6. The zero-order valence-electron chi connectivity index (χ0n) is 16.2. The Labute approximate surface area is 171 Å². The summed E-state index contributed by atoms with van der Waals surface area (Å²) in [5.41, 5.74) is 3.16. The molecule has 2 amide bonds.